The van der Waals surface area contributed by atoms with Crippen LogP contribution in [-0.4, -0.2) is 29.4 Å². The molecule has 0 saturated heterocycles. The van der Waals surface area contributed by atoms with Crippen LogP contribution in [0, 0.1) is 5.92 Å². The van der Waals surface area contributed by atoms with Gasteiger partial charge in [-0.1, -0.05) is 25.8 Å². The van der Waals surface area contributed by atoms with Gasteiger partial charge in [-0.05, 0) is 12.8 Å². The molecule has 0 heterocycles. The zero-order valence-electron chi connectivity index (χ0n) is 10.3. The molecule has 100 valence electrons. The summed E-state index contributed by atoms with van der Waals surface area (Å²) < 4.78 is 4.77. The molecule has 0 aliphatic heterocycles. The highest BCUT2D eigenvalue weighted by molar-refractivity contribution is 5.94. The fourth-order valence-electron chi connectivity index (χ4n) is 2.04. The molecule has 0 aromatic rings. The van der Waals surface area contributed by atoms with Crippen LogP contribution in [0.2, 0.25) is 0 Å². The van der Waals surface area contributed by atoms with E-state index in [0.29, 0.717) is 0 Å². The topological polar surface area (TPSA) is 80.7 Å². The quantitative estimate of drug-likeness (QED) is 0.576. The fourth-order valence-corrected chi connectivity index (χ4v) is 2.04. The molecule has 5 nitrogen and oxygen atoms in total. The lowest BCUT2D eigenvalue weighted by atomic mass is 9.86. The van der Waals surface area contributed by atoms with Crippen molar-refractivity contribution in [3.8, 4) is 0 Å². The smallest absolute Gasteiger partial charge is 0.334 e. The number of Topliss-reactive ketones (excluding diaryl/α,β-unsaturated/α-hetero) is 1. The van der Waals surface area contributed by atoms with Crippen molar-refractivity contribution in [2.24, 2.45) is 5.92 Å². The van der Waals surface area contributed by atoms with Gasteiger partial charge in [0.15, 0.2) is 12.4 Å². The molecule has 1 aliphatic carbocycles. The summed E-state index contributed by atoms with van der Waals surface area (Å²) in [4.78, 5) is 33.4. The zero-order valence-corrected chi connectivity index (χ0v) is 10.3. The summed E-state index contributed by atoms with van der Waals surface area (Å²) in [6, 6.07) is 0. The van der Waals surface area contributed by atoms with E-state index in [-0.39, 0.29) is 23.9 Å². The number of carboxylic acid groups (broad SMARTS) is 1. The van der Waals surface area contributed by atoms with E-state index in [9.17, 15) is 14.4 Å². The highest BCUT2D eigenvalue weighted by Crippen LogP contribution is 2.24. The second-order valence-electron chi connectivity index (χ2n) is 4.55. The number of esters is 1. The van der Waals surface area contributed by atoms with Crippen LogP contribution in [0.5, 0.6) is 0 Å². The minimum atomic E-state index is -1.14. The summed E-state index contributed by atoms with van der Waals surface area (Å²) in [5.74, 6) is -2.04. The summed E-state index contributed by atoms with van der Waals surface area (Å²) in [6.45, 7) is 3.04. The second kappa shape index (κ2) is 6.93. The number of aliphatic carboxylic acids is 1. The summed E-state index contributed by atoms with van der Waals surface area (Å²) >= 11 is 0. The maximum Gasteiger partial charge on any atom is 0.334 e. The molecule has 0 atom stereocenters. The van der Waals surface area contributed by atoms with Crippen LogP contribution in [0.15, 0.2) is 12.2 Å². The van der Waals surface area contributed by atoms with Gasteiger partial charge in [0.1, 0.15) is 0 Å². The average Bonchev–Trinajstić information content (AvgIpc) is 2.35. The molecule has 0 aromatic heterocycles. The van der Waals surface area contributed by atoms with Gasteiger partial charge in [0, 0.05) is 11.5 Å². The Balaban J connectivity index is 2.31. The predicted octanol–water partition coefficient (Wildman–Crippen LogP) is 1.71. The number of hydrogen-bond acceptors (Lipinski definition) is 4. The Morgan fingerprint density at radius 1 is 1.17 bits per heavy atom. The third-order valence-corrected chi connectivity index (χ3v) is 3.06. The Morgan fingerprint density at radius 3 is 2.33 bits per heavy atom. The molecule has 0 radical (unpaired) electrons. The number of ether oxygens (including phenoxy) is 1. The maximum atomic E-state index is 11.7. The number of ketones is 1. The summed E-state index contributed by atoms with van der Waals surface area (Å²) in [7, 11) is 0. The largest absolute Gasteiger partial charge is 0.481 e. The van der Waals surface area contributed by atoms with Gasteiger partial charge in [-0.25, -0.2) is 4.79 Å². The van der Waals surface area contributed by atoms with E-state index in [1.54, 1.807) is 0 Å². The van der Waals surface area contributed by atoms with Crippen molar-refractivity contribution in [2.45, 2.75) is 38.5 Å². The Morgan fingerprint density at radius 2 is 1.78 bits per heavy atom. The average molecular weight is 254 g/mol. The van der Waals surface area contributed by atoms with E-state index in [4.69, 9.17) is 9.84 Å². The molecular weight excluding hydrogens is 236 g/mol. The van der Waals surface area contributed by atoms with Gasteiger partial charge in [-0.2, -0.15) is 0 Å². The summed E-state index contributed by atoms with van der Waals surface area (Å²) in [5, 5.41) is 8.48. The van der Waals surface area contributed by atoms with Gasteiger partial charge >= 0.3 is 11.9 Å². The maximum absolute atomic E-state index is 11.7. The molecule has 0 spiro atoms. The van der Waals surface area contributed by atoms with Gasteiger partial charge in [0.05, 0.1) is 6.42 Å². The van der Waals surface area contributed by atoms with Gasteiger partial charge in [-0.3, -0.25) is 9.59 Å². The van der Waals surface area contributed by atoms with E-state index < -0.39 is 18.4 Å². The first-order valence-corrected chi connectivity index (χ1v) is 6.10. The molecule has 5 heteroatoms. The van der Waals surface area contributed by atoms with Crippen LogP contribution < -0.4 is 0 Å². The van der Waals surface area contributed by atoms with Gasteiger partial charge < -0.3 is 9.84 Å². The van der Waals surface area contributed by atoms with Crippen LogP contribution in [0.4, 0.5) is 0 Å². The Labute approximate surface area is 106 Å². The van der Waals surface area contributed by atoms with E-state index >= 15 is 0 Å². The Hall–Kier alpha value is -1.65. The Kier molecular flexibility index (Phi) is 5.55. The molecular formula is C13H18O5. The number of hydrogen-bond donors (Lipinski definition) is 1. The summed E-state index contributed by atoms with van der Waals surface area (Å²) in [5.41, 5.74) is -0.140. The SMILES string of the molecule is C=C(CC(=O)O)C(=O)OCC(=O)C1CCCCC1. The molecule has 18 heavy (non-hydrogen) atoms. The van der Waals surface area contributed by atoms with Crippen LogP contribution in [-0.2, 0) is 19.1 Å². The molecule has 1 saturated carbocycles. The van der Waals surface area contributed by atoms with Gasteiger partial charge in [-0.15, -0.1) is 0 Å². The molecule has 1 rings (SSSR count). The van der Waals surface area contributed by atoms with Crippen molar-refractivity contribution in [3.63, 3.8) is 0 Å². The van der Waals surface area contributed by atoms with Crippen LogP contribution >= 0.6 is 0 Å². The van der Waals surface area contributed by atoms with Crippen molar-refractivity contribution in [1.82, 2.24) is 0 Å². The molecule has 0 unspecified atom stereocenters. The zero-order chi connectivity index (χ0) is 13.5. The first-order valence-electron chi connectivity index (χ1n) is 6.10. The van der Waals surface area contributed by atoms with Gasteiger partial charge in [0.25, 0.3) is 0 Å². The highest BCUT2D eigenvalue weighted by atomic mass is 16.5. The molecule has 1 N–H and O–H groups in total. The number of rotatable bonds is 6. The standard InChI is InChI=1S/C13H18O5/c1-9(7-12(15)16)13(17)18-8-11(14)10-5-3-2-4-6-10/h10H,1-8H2,(H,15,16). The normalized spacial score (nSPS) is 16.0. The summed E-state index contributed by atoms with van der Waals surface area (Å²) in [6.07, 6.45) is 4.47. The van der Waals surface area contributed by atoms with E-state index in [1.807, 2.05) is 0 Å². The molecule has 0 aromatic carbocycles. The molecule has 0 bridgehead atoms. The number of carboxylic acids is 1. The first-order chi connectivity index (χ1) is 8.50. The lowest BCUT2D eigenvalue weighted by molar-refractivity contribution is -0.147. The van der Waals surface area contributed by atoms with E-state index in [0.717, 1.165) is 32.1 Å². The molecule has 1 fully saturated rings. The third kappa shape index (κ3) is 4.69. The minimum absolute atomic E-state index is 0.0145. The Bertz CT molecular complexity index is 352. The van der Waals surface area contributed by atoms with Crippen molar-refractivity contribution in [2.75, 3.05) is 6.61 Å². The second-order valence-corrected chi connectivity index (χ2v) is 4.55. The van der Waals surface area contributed by atoms with Crippen molar-refractivity contribution < 1.29 is 24.2 Å². The molecule has 1 aliphatic rings. The van der Waals surface area contributed by atoms with Crippen molar-refractivity contribution >= 4 is 17.7 Å². The lowest BCUT2D eigenvalue weighted by Gasteiger charge is -2.19. The fraction of sp³-hybridized carbons (Fsp3) is 0.615. The molecule has 0 amide bonds. The van der Waals surface area contributed by atoms with E-state index in [2.05, 4.69) is 6.58 Å². The predicted molar refractivity (Wildman–Crippen MR) is 63.9 cm³/mol. The monoisotopic (exact) mass is 254 g/mol. The first kappa shape index (κ1) is 14.4. The van der Waals surface area contributed by atoms with Crippen molar-refractivity contribution in [3.05, 3.63) is 12.2 Å². The number of carbonyl (C=O) groups excluding carboxylic acids is 2. The highest BCUT2D eigenvalue weighted by Gasteiger charge is 2.22. The third-order valence-electron chi connectivity index (χ3n) is 3.06. The van der Waals surface area contributed by atoms with Crippen LogP contribution in [0.1, 0.15) is 38.5 Å². The lowest BCUT2D eigenvalue weighted by Crippen LogP contribution is -2.24. The van der Waals surface area contributed by atoms with E-state index in [1.165, 1.54) is 0 Å². The van der Waals surface area contributed by atoms with Crippen molar-refractivity contribution in [1.29, 1.82) is 0 Å². The van der Waals surface area contributed by atoms with Gasteiger partial charge in [0.2, 0.25) is 0 Å². The number of carbonyl (C=O) groups is 3. The van der Waals surface area contributed by atoms with Crippen LogP contribution in [0.3, 0.4) is 0 Å². The minimum Gasteiger partial charge on any atom is -0.481 e. The van der Waals surface area contributed by atoms with Crippen LogP contribution in [0.25, 0.3) is 0 Å².